The third kappa shape index (κ3) is 3.16. The minimum atomic E-state index is 0.0545. The Morgan fingerprint density at radius 2 is 2.00 bits per heavy atom. The Labute approximate surface area is 78.4 Å². The molecule has 5 heteroatoms. The van der Waals surface area contributed by atoms with E-state index in [1.807, 2.05) is 0 Å². The molecule has 1 N–H and O–H groups in total. The van der Waals surface area contributed by atoms with Crippen LogP contribution in [0.25, 0.3) is 0 Å². The van der Waals surface area contributed by atoms with Crippen LogP contribution >= 0.6 is 27.3 Å². The summed E-state index contributed by atoms with van der Waals surface area (Å²) in [6, 6.07) is 0. The molecule has 0 unspecified atom stereocenters. The first-order chi connectivity index (χ1) is 4.97. The number of aromatic nitrogens is 2. The summed E-state index contributed by atoms with van der Waals surface area (Å²) in [6.45, 7) is 6.26. The van der Waals surface area contributed by atoms with Crippen molar-refractivity contribution < 1.29 is 0 Å². The standard InChI is InChI=1S/C6H10BrN3S/c1-6(2,3)8-5-10-9-4(7)11-5/h1-3H3,(H,8,10). The first-order valence-corrected chi connectivity index (χ1v) is 4.85. The van der Waals surface area contributed by atoms with Gasteiger partial charge in [0.25, 0.3) is 0 Å². The van der Waals surface area contributed by atoms with E-state index >= 15 is 0 Å². The van der Waals surface area contributed by atoms with Gasteiger partial charge in [-0.25, -0.2) is 0 Å². The van der Waals surface area contributed by atoms with Crippen molar-refractivity contribution in [2.75, 3.05) is 5.32 Å². The fourth-order valence-corrected chi connectivity index (χ4v) is 1.80. The molecule has 0 aliphatic heterocycles. The highest BCUT2D eigenvalue weighted by atomic mass is 79.9. The van der Waals surface area contributed by atoms with Crippen molar-refractivity contribution in [1.29, 1.82) is 0 Å². The fraction of sp³-hybridized carbons (Fsp3) is 0.667. The van der Waals surface area contributed by atoms with Gasteiger partial charge in [-0.2, -0.15) is 0 Å². The van der Waals surface area contributed by atoms with Crippen LogP contribution in [-0.2, 0) is 0 Å². The average Bonchev–Trinajstić information content (AvgIpc) is 2.10. The molecule has 0 aliphatic rings. The smallest absolute Gasteiger partial charge is 0.206 e. The maximum atomic E-state index is 3.91. The highest BCUT2D eigenvalue weighted by Crippen LogP contribution is 2.22. The Morgan fingerprint density at radius 1 is 1.36 bits per heavy atom. The first-order valence-electron chi connectivity index (χ1n) is 3.24. The molecule has 0 saturated heterocycles. The number of nitrogens with zero attached hydrogens (tertiary/aromatic N) is 2. The number of rotatable bonds is 1. The summed E-state index contributed by atoms with van der Waals surface area (Å²) in [5.41, 5.74) is 0.0545. The summed E-state index contributed by atoms with van der Waals surface area (Å²) < 4.78 is 0.809. The minimum Gasteiger partial charge on any atom is -0.355 e. The van der Waals surface area contributed by atoms with E-state index in [0.717, 1.165) is 9.05 Å². The van der Waals surface area contributed by atoms with Crippen LogP contribution in [0.5, 0.6) is 0 Å². The number of nitrogens with one attached hydrogen (secondary N) is 1. The molecular weight excluding hydrogens is 226 g/mol. The lowest BCUT2D eigenvalue weighted by molar-refractivity contribution is 0.632. The molecule has 0 aromatic carbocycles. The van der Waals surface area contributed by atoms with Crippen molar-refractivity contribution in [2.45, 2.75) is 26.3 Å². The van der Waals surface area contributed by atoms with Crippen LogP contribution in [0, 0.1) is 0 Å². The molecule has 0 spiro atoms. The number of anilines is 1. The second-order valence-corrected chi connectivity index (χ2v) is 5.49. The lowest BCUT2D eigenvalue weighted by Gasteiger charge is -2.18. The van der Waals surface area contributed by atoms with Crippen LogP contribution in [0.3, 0.4) is 0 Å². The SMILES string of the molecule is CC(C)(C)Nc1nnc(Br)s1. The lowest BCUT2D eigenvalue weighted by atomic mass is 10.1. The van der Waals surface area contributed by atoms with Gasteiger partial charge in [-0.15, -0.1) is 10.2 Å². The second-order valence-electron chi connectivity index (χ2n) is 3.24. The molecule has 1 heterocycles. The summed E-state index contributed by atoms with van der Waals surface area (Å²) in [5, 5.41) is 11.8. The molecule has 11 heavy (non-hydrogen) atoms. The van der Waals surface area contributed by atoms with Crippen LogP contribution in [0.15, 0.2) is 3.92 Å². The van der Waals surface area contributed by atoms with Crippen LogP contribution in [0.2, 0.25) is 0 Å². The van der Waals surface area contributed by atoms with Gasteiger partial charge in [0.15, 0.2) is 3.92 Å². The van der Waals surface area contributed by atoms with Crippen molar-refractivity contribution in [3.05, 3.63) is 3.92 Å². The first kappa shape index (κ1) is 8.93. The van der Waals surface area contributed by atoms with Crippen molar-refractivity contribution in [3.8, 4) is 0 Å². The van der Waals surface area contributed by atoms with Crippen molar-refractivity contribution >= 4 is 32.4 Å². The van der Waals surface area contributed by atoms with E-state index in [1.165, 1.54) is 11.3 Å². The zero-order valence-electron chi connectivity index (χ0n) is 6.68. The van der Waals surface area contributed by atoms with Crippen molar-refractivity contribution in [2.24, 2.45) is 0 Å². The van der Waals surface area contributed by atoms with Crippen LogP contribution in [0.1, 0.15) is 20.8 Å². The molecule has 3 nitrogen and oxygen atoms in total. The number of halogens is 1. The average molecular weight is 236 g/mol. The summed E-state index contributed by atoms with van der Waals surface area (Å²) in [7, 11) is 0. The largest absolute Gasteiger partial charge is 0.355 e. The Hall–Kier alpha value is -0.160. The van der Waals surface area contributed by atoms with Gasteiger partial charge in [0.2, 0.25) is 5.13 Å². The van der Waals surface area contributed by atoms with Gasteiger partial charge < -0.3 is 5.32 Å². The van der Waals surface area contributed by atoms with E-state index in [-0.39, 0.29) is 5.54 Å². The van der Waals surface area contributed by atoms with Crippen LogP contribution < -0.4 is 5.32 Å². The molecule has 1 rings (SSSR count). The van der Waals surface area contributed by atoms with E-state index in [9.17, 15) is 0 Å². The molecule has 0 aliphatic carbocycles. The molecule has 0 bridgehead atoms. The van der Waals surface area contributed by atoms with Crippen molar-refractivity contribution in [3.63, 3.8) is 0 Å². The van der Waals surface area contributed by atoms with Gasteiger partial charge in [-0.05, 0) is 36.7 Å². The Kier molecular flexibility index (Phi) is 2.49. The molecule has 62 valence electrons. The van der Waals surface area contributed by atoms with Gasteiger partial charge in [-0.3, -0.25) is 0 Å². The quantitative estimate of drug-likeness (QED) is 0.814. The van der Waals surface area contributed by atoms with Crippen LogP contribution in [0.4, 0.5) is 5.13 Å². The van der Waals surface area contributed by atoms with E-state index < -0.39 is 0 Å². The van der Waals surface area contributed by atoms with E-state index in [1.54, 1.807) is 0 Å². The molecule has 0 saturated carbocycles. The van der Waals surface area contributed by atoms with Gasteiger partial charge in [0.1, 0.15) is 0 Å². The van der Waals surface area contributed by atoms with Gasteiger partial charge >= 0.3 is 0 Å². The number of hydrogen-bond acceptors (Lipinski definition) is 4. The molecule has 0 atom stereocenters. The Balaban J connectivity index is 2.65. The van der Waals surface area contributed by atoms with E-state index in [0.29, 0.717) is 0 Å². The Morgan fingerprint density at radius 3 is 2.36 bits per heavy atom. The Bertz CT molecular complexity index is 240. The monoisotopic (exact) mass is 235 g/mol. The van der Waals surface area contributed by atoms with Crippen molar-refractivity contribution in [1.82, 2.24) is 10.2 Å². The van der Waals surface area contributed by atoms with E-state index in [2.05, 4.69) is 52.2 Å². The highest BCUT2D eigenvalue weighted by molar-refractivity contribution is 9.11. The normalized spacial score (nSPS) is 11.6. The number of hydrogen-bond donors (Lipinski definition) is 1. The fourth-order valence-electron chi connectivity index (χ4n) is 0.577. The maximum absolute atomic E-state index is 3.91. The molecule has 1 aromatic heterocycles. The third-order valence-electron chi connectivity index (χ3n) is 0.882. The van der Waals surface area contributed by atoms with E-state index in [4.69, 9.17) is 0 Å². The zero-order valence-corrected chi connectivity index (χ0v) is 9.08. The maximum Gasteiger partial charge on any atom is 0.206 e. The second kappa shape index (κ2) is 3.06. The van der Waals surface area contributed by atoms with Gasteiger partial charge in [0.05, 0.1) is 0 Å². The zero-order chi connectivity index (χ0) is 8.48. The molecular formula is C6H10BrN3S. The topological polar surface area (TPSA) is 37.8 Å². The predicted molar refractivity (Wildman–Crippen MR) is 51.0 cm³/mol. The van der Waals surface area contributed by atoms with Gasteiger partial charge in [-0.1, -0.05) is 11.3 Å². The highest BCUT2D eigenvalue weighted by Gasteiger charge is 2.11. The summed E-state index contributed by atoms with van der Waals surface area (Å²) in [5.74, 6) is 0. The molecule has 1 aromatic rings. The molecule has 0 fully saturated rings. The predicted octanol–water partition coefficient (Wildman–Crippen LogP) is 2.51. The lowest BCUT2D eigenvalue weighted by Crippen LogP contribution is -2.25. The van der Waals surface area contributed by atoms with Crippen LogP contribution in [-0.4, -0.2) is 15.7 Å². The summed E-state index contributed by atoms with van der Waals surface area (Å²) in [4.78, 5) is 0. The molecule has 0 amide bonds. The third-order valence-corrected chi connectivity index (χ3v) is 2.15. The molecule has 0 radical (unpaired) electrons. The summed E-state index contributed by atoms with van der Waals surface area (Å²) in [6.07, 6.45) is 0. The summed E-state index contributed by atoms with van der Waals surface area (Å²) >= 11 is 4.74. The van der Waals surface area contributed by atoms with Gasteiger partial charge in [0, 0.05) is 5.54 Å². The minimum absolute atomic E-state index is 0.0545.